The Labute approximate surface area is 125 Å². The van der Waals surface area contributed by atoms with E-state index in [2.05, 4.69) is 15.0 Å². The molecule has 2 aromatic heterocycles. The van der Waals surface area contributed by atoms with Gasteiger partial charge in [-0.3, -0.25) is 0 Å². The van der Waals surface area contributed by atoms with Gasteiger partial charge in [0.2, 0.25) is 0 Å². The highest BCUT2D eigenvalue weighted by Crippen LogP contribution is 2.34. The molecule has 2 heterocycles. The van der Waals surface area contributed by atoms with Crippen LogP contribution in [-0.4, -0.2) is 40.2 Å². The molecular weight excluding hydrogens is 286 g/mol. The van der Waals surface area contributed by atoms with Crippen LogP contribution in [-0.2, 0) is 0 Å². The van der Waals surface area contributed by atoms with Crippen LogP contribution in [0, 0.1) is 0 Å². The predicted octanol–water partition coefficient (Wildman–Crippen LogP) is 2.34. The molecule has 1 aromatic carbocycles. The van der Waals surface area contributed by atoms with Crippen LogP contribution in [0.2, 0.25) is 0 Å². The number of benzene rings is 1. The minimum absolute atomic E-state index is 0.0928. The SMILES string of the molecule is COc1ncc(-c2ccc(OC)c3[nH]c(C(=O)O)cc23)cn1. The van der Waals surface area contributed by atoms with E-state index >= 15 is 0 Å². The first-order chi connectivity index (χ1) is 10.6. The fourth-order valence-corrected chi connectivity index (χ4v) is 2.29. The van der Waals surface area contributed by atoms with Gasteiger partial charge in [-0.15, -0.1) is 0 Å². The van der Waals surface area contributed by atoms with Gasteiger partial charge in [-0.2, -0.15) is 0 Å². The zero-order valence-electron chi connectivity index (χ0n) is 12.0. The van der Waals surface area contributed by atoms with Crippen LogP contribution in [0.25, 0.3) is 22.0 Å². The highest BCUT2D eigenvalue weighted by Gasteiger charge is 2.15. The van der Waals surface area contributed by atoms with E-state index in [9.17, 15) is 4.79 Å². The van der Waals surface area contributed by atoms with Crippen molar-refractivity contribution in [1.29, 1.82) is 0 Å². The van der Waals surface area contributed by atoms with E-state index in [1.807, 2.05) is 6.07 Å². The summed E-state index contributed by atoms with van der Waals surface area (Å²) in [4.78, 5) is 22.2. The molecule has 0 spiro atoms. The van der Waals surface area contributed by atoms with Crippen LogP contribution in [0.1, 0.15) is 10.5 Å². The standard InChI is InChI=1S/C15H13N3O4/c1-21-12-4-3-9(8-6-16-15(22-2)17-7-8)10-5-11(14(19)20)18-13(10)12/h3-7,18H,1-2H3,(H,19,20). The monoisotopic (exact) mass is 299 g/mol. The van der Waals surface area contributed by atoms with E-state index in [0.29, 0.717) is 11.3 Å². The van der Waals surface area contributed by atoms with Crippen molar-refractivity contribution in [2.75, 3.05) is 14.2 Å². The van der Waals surface area contributed by atoms with Gasteiger partial charge >= 0.3 is 12.0 Å². The molecule has 2 N–H and O–H groups in total. The minimum Gasteiger partial charge on any atom is -0.495 e. The molecule has 0 radical (unpaired) electrons. The number of hydrogen-bond donors (Lipinski definition) is 2. The topological polar surface area (TPSA) is 97.3 Å². The summed E-state index contributed by atoms with van der Waals surface area (Å²) < 4.78 is 10.2. The van der Waals surface area contributed by atoms with Crippen LogP contribution < -0.4 is 9.47 Å². The molecule has 3 aromatic rings. The average Bonchev–Trinajstić information content (AvgIpc) is 2.99. The van der Waals surface area contributed by atoms with Gasteiger partial charge in [0.1, 0.15) is 11.4 Å². The van der Waals surface area contributed by atoms with Crippen molar-refractivity contribution in [2.45, 2.75) is 0 Å². The third-order valence-electron chi connectivity index (χ3n) is 3.33. The van der Waals surface area contributed by atoms with Gasteiger partial charge in [-0.25, -0.2) is 14.8 Å². The first-order valence-electron chi connectivity index (χ1n) is 6.43. The van der Waals surface area contributed by atoms with Crippen LogP contribution in [0.5, 0.6) is 11.8 Å². The van der Waals surface area contributed by atoms with E-state index in [1.165, 1.54) is 14.2 Å². The average molecular weight is 299 g/mol. The predicted molar refractivity (Wildman–Crippen MR) is 79.4 cm³/mol. The van der Waals surface area contributed by atoms with Crippen molar-refractivity contribution in [3.05, 3.63) is 36.3 Å². The number of carboxylic acid groups (broad SMARTS) is 1. The number of methoxy groups -OCH3 is 2. The molecule has 0 aliphatic carbocycles. The molecule has 112 valence electrons. The molecule has 3 rings (SSSR count). The Morgan fingerprint density at radius 1 is 1.18 bits per heavy atom. The maximum Gasteiger partial charge on any atom is 0.352 e. The van der Waals surface area contributed by atoms with E-state index in [0.717, 1.165) is 16.5 Å². The summed E-state index contributed by atoms with van der Waals surface area (Å²) in [5.41, 5.74) is 2.27. The summed E-state index contributed by atoms with van der Waals surface area (Å²) in [5.74, 6) is -0.462. The molecule has 0 saturated heterocycles. The smallest absolute Gasteiger partial charge is 0.352 e. The third-order valence-corrected chi connectivity index (χ3v) is 3.33. The van der Waals surface area contributed by atoms with E-state index in [-0.39, 0.29) is 11.7 Å². The quantitative estimate of drug-likeness (QED) is 0.767. The number of aromatic amines is 1. The maximum atomic E-state index is 11.2. The van der Waals surface area contributed by atoms with Gasteiger partial charge in [-0.1, -0.05) is 0 Å². The van der Waals surface area contributed by atoms with Crippen molar-refractivity contribution in [3.63, 3.8) is 0 Å². The summed E-state index contributed by atoms with van der Waals surface area (Å²) in [6, 6.07) is 5.45. The number of fused-ring (bicyclic) bond motifs is 1. The molecule has 0 amide bonds. The molecular formula is C15H13N3O4. The third kappa shape index (κ3) is 2.22. The van der Waals surface area contributed by atoms with E-state index < -0.39 is 5.97 Å². The van der Waals surface area contributed by atoms with Crippen LogP contribution in [0.15, 0.2) is 30.6 Å². The Morgan fingerprint density at radius 2 is 1.91 bits per heavy atom. The second-order valence-electron chi connectivity index (χ2n) is 4.55. The van der Waals surface area contributed by atoms with Gasteiger partial charge in [0, 0.05) is 23.3 Å². The number of rotatable bonds is 4. The second-order valence-corrected chi connectivity index (χ2v) is 4.55. The number of H-pyrrole nitrogens is 1. The van der Waals surface area contributed by atoms with Crippen molar-refractivity contribution >= 4 is 16.9 Å². The molecule has 0 bridgehead atoms. The van der Waals surface area contributed by atoms with Crippen molar-refractivity contribution in [3.8, 4) is 22.9 Å². The molecule has 7 nitrogen and oxygen atoms in total. The normalized spacial score (nSPS) is 10.6. The lowest BCUT2D eigenvalue weighted by Crippen LogP contribution is -1.95. The fraction of sp³-hybridized carbons (Fsp3) is 0.133. The Balaban J connectivity index is 2.22. The van der Waals surface area contributed by atoms with Crippen molar-refractivity contribution in [2.24, 2.45) is 0 Å². The van der Waals surface area contributed by atoms with Gasteiger partial charge < -0.3 is 19.6 Å². The lowest BCUT2D eigenvalue weighted by molar-refractivity contribution is 0.0691. The van der Waals surface area contributed by atoms with E-state index in [4.69, 9.17) is 14.6 Å². The summed E-state index contributed by atoms with van der Waals surface area (Å²) in [6.07, 6.45) is 3.25. The molecule has 0 atom stereocenters. The van der Waals surface area contributed by atoms with Crippen molar-refractivity contribution < 1.29 is 19.4 Å². The lowest BCUT2D eigenvalue weighted by atomic mass is 10.0. The lowest BCUT2D eigenvalue weighted by Gasteiger charge is -2.07. The van der Waals surface area contributed by atoms with Crippen LogP contribution >= 0.6 is 0 Å². The molecule has 0 saturated carbocycles. The number of carboxylic acids is 1. The highest BCUT2D eigenvalue weighted by atomic mass is 16.5. The van der Waals surface area contributed by atoms with Gasteiger partial charge in [0.05, 0.1) is 19.7 Å². The van der Waals surface area contributed by atoms with Crippen LogP contribution in [0.3, 0.4) is 0 Å². The summed E-state index contributed by atoms with van der Waals surface area (Å²) in [7, 11) is 3.03. The summed E-state index contributed by atoms with van der Waals surface area (Å²) in [5, 5.41) is 9.89. The first-order valence-corrected chi connectivity index (χ1v) is 6.43. The van der Waals surface area contributed by atoms with Crippen LogP contribution in [0.4, 0.5) is 0 Å². The number of nitrogens with zero attached hydrogens (tertiary/aromatic N) is 2. The minimum atomic E-state index is -1.03. The Morgan fingerprint density at radius 3 is 2.50 bits per heavy atom. The molecule has 22 heavy (non-hydrogen) atoms. The van der Waals surface area contributed by atoms with Crippen molar-refractivity contribution in [1.82, 2.24) is 15.0 Å². The number of aromatic nitrogens is 3. The molecule has 0 fully saturated rings. The zero-order valence-corrected chi connectivity index (χ0v) is 12.0. The maximum absolute atomic E-state index is 11.2. The van der Waals surface area contributed by atoms with E-state index in [1.54, 1.807) is 24.5 Å². The summed E-state index contributed by atoms with van der Waals surface area (Å²) in [6.45, 7) is 0. The number of carbonyl (C=O) groups is 1. The Hall–Kier alpha value is -3.09. The number of hydrogen-bond acceptors (Lipinski definition) is 5. The molecule has 0 aliphatic rings. The largest absolute Gasteiger partial charge is 0.495 e. The number of aromatic carboxylic acids is 1. The Kier molecular flexibility index (Phi) is 3.38. The van der Waals surface area contributed by atoms with Gasteiger partial charge in [0.15, 0.2) is 0 Å². The molecule has 0 unspecified atom stereocenters. The second kappa shape index (κ2) is 5.36. The number of ether oxygens (including phenoxy) is 2. The zero-order chi connectivity index (χ0) is 15.7. The number of nitrogens with one attached hydrogen (secondary N) is 1. The fourth-order valence-electron chi connectivity index (χ4n) is 2.29. The molecule has 7 heteroatoms. The summed E-state index contributed by atoms with van der Waals surface area (Å²) >= 11 is 0. The molecule has 0 aliphatic heterocycles. The van der Waals surface area contributed by atoms with Gasteiger partial charge in [0.25, 0.3) is 0 Å². The highest BCUT2D eigenvalue weighted by molar-refractivity contribution is 6.03. The first kappa shape index (κ1) is 13.9. The van der Waals surface area contributed by atoms with Gasteiger partial charge in [-0.05, 0) is 23.8 Å². The Bertz CT molecular complexity index is 840.